The van der Waals surface area contributed by atoms with E-state index in [1.54, 1.807) is 18.2 Å². The number of nitro groups is 1. The monoisotopic (exact) mass is 307 g/mol. The van der Waals surface area contributed by atoms with Gasteiger partial charge in [0.1, 0.15) is 11.6 Å². The lowest BCUT2D eigenvalue weighted by Crippen LogP contribution is -2.13. The summed E-state index contributed by atoms with van der Waals surface area (Å²) in [4.78, 5) is 22.3. The van der Waals surface area contributed by atoms with Crippen LogP contribution < -0.4 is 5.32 Å². The van der Waals surface area contributed by atoms with Gasteiger partial charge in [-0.2, -0.15) is 5.26 Å². The van der Waals surface area contributed by atoms with E-state index in [0.29, 0.717) is 11.3 Å². The van der Waals surface area contributed by atoms with Crippen molar-refractivity contribution in [3.63, 3.8) is 0 Å². The highest BCUT2D eigenvalue weighted by Crippen LogP contribution is 2.16. The van der Waals surface area contributed by atoms with Crippen molar-refractivity contribution in [3.05, 3.63) is 75.3 Å². The molecule has 6 heteroatoms. The molecule has 0 aliphatic carbocycles. The lowest BCUT2D eigenvalue weighted by atomic mass is 10.1. The lowest BCUT2D eigenvalue weighted by molar-refractivity contribution is -0.384. The van der Waals surface area contributed by atoms with Crippen molar-refractivity contribution in [1.29, 1.82) is 5.26 Å². The van der Waals surface area contributed by atoms with Crippen LogP contribution in [0.25, 0.3) is 6.08 Å². The average Bonchev–Trinajstić information content (AvgIpc) is 2.55. The Bertz CT molecular complexity index is 818. The number of hydrogen-bond donors (Lipinski definition) is 1. The molecule has 2 rings (SSSR count). The summed E-state index contributed by atoms with van der Waals surface area (Å²) in [6.45, 7) is 1.93. The van der Waals surface area contributed by atoms with Gasteiger partial charge in [-0.25, -0.2) is 0 Å². The summed E-state index contributed by atoms with van der Waals surface area (Å²) in [6, 6.07) is 14.7. The summed E-state index contributed by atoms with van der Waals surface area (Å²) >= 11 is 0. The first-order chi connectivity index (χ1) is 11.0. The molecule has 0 spiro atoms. The van der Waals surface area contributed by atoms with Crippen LogP contribution in [0.5, 0.6) is 0 Å². The van der Waals surface area contributed by atoms with Gasteiger partial charge in [-0.05, 0) is 30.7 Å². The van der Waals surface area contributed by atoms with Crippen LogP contribution in [0.1, 0.15) is 11.1 Å². The number of non-ortho nitro benzene ring substituents is 1. The third-order valence-corrected chi connectivity index (χ3v) is 3.07. The predicted octanol–water partition coefficient (Wildman–Crippen LogP) is 3.45. The number of nitrogens with one attached hydrogen (secondary N) is 1. The molecule has 23 heavy (non-hydrogen) atoms. The van der Waals surface area contributed by atoms with Gasteiger partial charge in [0.05, 0.1) is 4.92 Å². The van der Waals surface area contributed by atoms with E-state index < -0.39 is 10.8 Å². The number of carbonyl (C=O) groups is 1. The molecule has 0 aromatic heterocycles. The Morgan fingerprint density at radius 2 is 1.96 bits per heavy atom. The van der Waals surface area contributed by atoms with Gasteiger partial charge in [0, 0.05) is 17.8 Å². The molecule has 1 N–H and O–H groups in total. The van der Waals surface area contributed by atoms with Crippen molar-refractivity contribution in [2.24, 2.45) is 0 Å². The van der Waals surface area contributed by atoms with E-state index in [1.807, 2.05) is 25.1 Å². The highest BCUT2D eigenvalue weighted by molar-refractivity contribution is 6.09. The number of nitrogens with zero attached hydrogens (tertiary/aromatic N) is 2. The molecule has 2 aromatic rings. The molecular formula is C17H13N3O3. The summed E-state index contributed by atoms with van der Waals surface area (Å²) < 4.78 is 0. The van der Waals surface area contributed by atoms with Crippen LogP contribution in [0, 0.1) is 28.4 Å². The van der Waals surface area contributed by atoms with Crippen LogP contribution in [0.4, 0.5) is 11.4 Å². The molecule has 0 unspecified atom stereocenters. The summed E-state index contributed by atoms with van der Waals surface area (Å²) in [5, 5.41) is 22.5. The van der Waals surface area contributed by atoms with Crippen molar-refractivity contribution < 1.29 is 9.72 Å². The van der Waals surface area contributed by atoms with Crippen LogP contribution in [-0.4, -0.2) is 10.8 Å². The number of anilines is 1. The number of amides is 1. The zero-order chi connectivity index (χ0) is 16.8. The zero-order valence-electron chi connectivity index (χ0n) is 12.3. The maximum atomic E-state index is 12.1. The Balaban J connectivity index is 2.23. The minimum Gasteiger partial charge on any atom is -0.321 e. The van der Waals surface area contributed by atoms with E-state index in [2.05, 4.69) is 5.32 Å². The maximum Gasteiger partial charge on any atom is 0.270 e. The predicted molar refractivity (Wildman–Crippen MR) is 86.5 cm³/mol. The fraction of sp³-hybridized carbons (Fsp3) is 0.0588. The molecule has 0 fully saturated rings. The van der Waals surface area contributed by atoms with Crippen molar-refractivity contribution >= 4 is 23.4 Å². The molecule has 0 aliphatic heterocycles. The van der Waals surface area contributed by atoms with Crippen molar-refractivity contribution in [2.75, 3.05) is 5.32 Å². The second-order valence-corrected chi connectivity index (χ2v) is 4.84. The molecule has 0 saturated heterocycles. The van der Waals surface area contributed by atoms with E-state index in [9.17, 15) is 14.9 Å². The molecule has 6 nitrogen and oxygen atoms in total. The Hall–Kier alpha value is -3.46. The molecular weight excluding hydrogens is 294 g/mol. The van der Waals surface area contributed by atoms with Gasteiger partial charge >= 0.3 is 0 Å². The van der Waals surface area contributed by atoms with Gasteiger partial charge in [-0.1, -0.05) is 29.8 Å². The number of nitriles is 1. The first kappa shape index (κ1) is 15.9. The smallest absolute Gasteiger partial charge is 0.270 e. The van der Waals surface area contributed by atoms with E-state index in [-0.39, 0.29) is 11.3 Å². The van der Waals surface area contributed by atoms with Crippen LogP contribution in [0.2, 0.25) is 0 Å². The fourth-order valence-electron chi connectivity index (χ4n) is 1.88. The Morgan fingerprint density at radius 1 is 1.26 bits per heavy atom. The number of rotatable bonds is 4. The van der Waals surface area contributed by atoms with Crippen molar-refractivity contribution in [2.45, 2.75) is 6.92 Å². The van der Waals surface area contributed by atoms with Crippen LogP contribution in [0.3, 0.4) is 0 Å². The molecule has 2 aromatic carbocycles. The summed E-state index contributed by atoms with van der Waals surface area (Å²) in [5.41, 5.74) is 1.80. The molecule has 1 amide bonds. The summed E-state index contributed by atoms with van der Waals surface area (Å²) in [7, 11) is 0. The maximum absolute atomic E-state index is 12.1. The Kier molecular flexibility index (Phi) is 4.85. The summed E-state index contributed by atoms with van der Waals surface area (Å²) in [5.74, 6) is -0.567. The number of benzene rings is 2. The molecule has 0 aliphatic rings. The van der Waals surface area contributed by atoms with Crippen LogP contribution in [-0.2, 0) is 4.79 Å². The second-order valence-electron chi connectivity index (χ2n) is 4.84. The van der Waals surface area contributed by atoms with Crippen LogP contribution in [0.15, 0.2) is 54.1 Å². The average molecular weight is 307 g/mol. The Morgan fingerprint density at radius 3 is 2.57 bits per heavy atom. The first-order valence-electron chi connectivity index (χ1n) is 6.74. The highest BCUT2D eigenvalue weighted by atomic mass is 16.6. The standard InChI is InChI=1S/C17H13N3O3/c1-12-5-7-15(8-6-12)19-17(21)14(11-18)9-13-3-2-4-16(10-13)20(22)23/h2-10H,1H3,(H,19,21). The highest BCUT2D eigenvalue weighted by Gasteiger charge is 2.11. The number of hydrogen-bond acceptors (Lipinski definition) is 4. The summed E-state index contributed by atoms with van der Waals surface area (Å²) in [6.07, 6.45) is 1.32. The molecule has 0 bridgehead atoms. The van der Waals surface area contributed by atoms with Gasteiger partial charge in [-0.3, -0.25) is 14.9 Å². The first-order valence-corrected chi connectivity index (χ1v) is 6.74. The van der Waals surface area contributed by atoms with Gasteiger partial charge in [0.25, 0.3) is 11.6 Å². The SMILES string of the molecule is Cc1ccc(NC(=O)C(C#N)=Cc2cccc([N+](=O)[O-])c2)cc1. The van der Waals surface area contributed by atoms with Crippen molar-refractivity contribution in [3.8, 4) is 6.07 Å². The van der Waals surface area contributed by atoms with E-state index >= 15 is 0 Å². The topological polar surface area (TPSA) is 96.0 Å². The van der Waals surface area contributed by atoms with Gasteiger partial charge < -0.3 is 5.32 Å². The minimum absolute atomic E-state index is 0.102. The largest absolute Gasteiger partial charge is 0.321 e. The molecule has 0 radical (unpaired) electrons. The molecule has 114 valence electrons. The molecule has 0 saturated carbocycles. The third kappa shape index (κ3) is 4.25. The van der Waals surface area contributed by atoms with Crippen molar-refractivity contribution in [1.82, 2.24) is 0 Å². The van der Waals surface area contributed by atoms with E-state index in [0.717, 1.165) is 5.56 Å². The number of aryl methyl sites for hydroxylation is 1. The van der Waals surface area contributed by atoms with E-state index in [1.165, 1.54) is 24.3 Å². The Labute approximate surface area is 132 Å². The van der Waals surface area contributed by atoms with Gasteiger partial charge in [-0.15, -0.1) is 0 Å². The van der Waals surface area contributed by atoms with Gasteiger partial charge in [0.15, 0.2) is 0 Å². The second kappa shape index (κ2) is 7.00. The third-order valence-electron chi connectivity index (χ3n) is 3.07. The fourth-order valence-corrected chi connectivity index (χ4v) is 1.88. The van der Waals surface area contributed by atoms with Crippen LogP contribution >= 0.6 is 0 Å². The molecule has 0 atom stereocenters. The molecule has 0 heterocycles. The van der Waals surface area contributed by atoms with Gasteiger partial charge in [0.2, 0.25) is 0 Å². The quantitative estimate of drug-likeness (QED) is 0.405. The minimum atomic E-state index is -0.567. The normalized spacial score (nSPS) is 10.7. The lowest BCUT2D eigenvalue weighted by Gasteiger charge is -2.04. The number of nitro benzene ring substituents is 1. The zero-order valence-corrected chi connectivity index (χ0v) is 12.3. The van der Waals surface area contributed by atoms with E-state index in [4.69, 9.17) is 5.26 Å². The number of carbonyl (C=O) groups excluding carboxylic acids is 1.